The van der Waals surface area contributed by atoms with E-state index in [4.69, 9.17) is 33.3 Å². The van der Waals surface area contributed by atoms with Crippen molar-refractivity contribution in [3.63, 3.8) is 0 Å². The highest BCUT2D eigenvalue weighted by molar-refractivity contribution is 5.20. The molecule has 0 aliphatic carbocycles. The fourth-order valence-corrected chi connectivity index (χ4v) is 3.60. The lowest BCUT2D eigenvalue weighted by Gasteiger charge is -2.48. The second-order valence-electron chi connectivity index (χ2n) is 7.11. The number of aliphatic hydroxyl groups is 3. The van der Waals surface area contributed by atoms with Gasteiger partial charge in [-0.3, -0.25) is 0 Å². The first kappa shape index (κ1) is 22.4. The molecule has 0 bridgehead atoms. The Kier molecular flexibility index (Phi) is 7.87. The van der Waals surface area contributed by atoms with Gasteiger partial charge in [0, 0.05) is 5.92 Å². The fourth-order valence-electron chi connectivity index (χ4n) is 3.60. The van der Waals surface area contributed by atoms with Gasteiger partial charge in [0.2, 0.25) is 0 Å². The van der Waals surface area contributed by atoms with Crippen LogP contribution in [0.1, 0.15) is 27.7 Å². The van der Waals surface area contributed by atoms with E-state index in [0.29, 0.717) is 6.61 Å². The van der Waals surface area contributed by atoms with Crippen LogP contribution in [0.25, 0.3) is 0 Å². The molecule has 3 saturated heterocycles. The molecule has 10 nitrogen and oxygen atoms in total. The van der Waals surface area contributed by atoms with Crippen LogP contribution in [-0.4, -0.2) is 89.5 Å². The highest BCUT2D eigenvalue weighted by Gasteiger charge is 2.50. The average Bonchev–Trinajstić information content (AvgIpc) is 2.62. The minimum Gasteiger partial charge on any atom is -0.390 e. The number of carbonyl (C=O) groups excluding carboxylic acids is 2. The SMILES string of the molecule is CC1OCC2O[C@@H](O[C@@H]3C(C)O[C@@H](C)C(O)[C@@H]3O)C(C)[C@@H](O)[C@@H]2O1.O=C=O. The molecule has 0 saturated carbocycles. The zero-order valence-electron chi connectivity index (χ0n) is 15.8. The predicted molar refractivity (Wildman–Crippen MR) is 86.0 cm³/mol. The van der Waals surface area contributed by atoms with Crippen molar-refractivity contribution in [3.05, 3.63) is 0 Å². The molecule has 11 atom stereocenters. The summed E-state index contributed by atoms with van der Waals surface area (Å²) in [5.41, 5.74) is 0. The standard InChI is InChI=1S/C16H28O8.CO2/c1-6-11(17)15-10(5-20-9(4)22-15)23-16(6)24-14-8(3)21-7(2)12(18)13(14)19;2-1-3/h6-19H,5H2,1-4H3;/t6?,7-,8?,9?,10?,11+,12?,13-,14+,15+,16-;/m0./s1. The molecule has 3 N–H and O–H groups in total. The first-order valence-corrected chi connectivity index (χ1v) is 8.98. The summed E-state index contributed by atoms with van der Waals surface area (Å²) in [5.74, 6) is -0.368. The van der Waals surface area contributed by atoms with Gasteiger partial charge in [0.15, 0.2) is 12.6 Å². The maximum absolute atomic E-state index is 10.5. The fraction of sp³-hybridized carbons (Fsp3) is 0.941. The van der Waals surface area contributed by atoms with Crippen molar-refractivity contribution in [2.45, 2.75) is 89.1 Å². The lowest BCUT2D eigenvalue weighted by molar-refractivity contribution is -0.364. The van der Waals surface area contributed by atoms with E-state index < -0.39 is 55.1 Å². The molecule has 0 amide bonds. The Morgan fingerprint density at radius 2 is 1.52 bits per heavy atom. The molecule has 3 fully saturated rings. The van der Waals surface area contributed by atoms with Gasteiger partial charge in [-0.05, 0) is 20.8 Å². The Labute approximate surface area is 157 Å². The third kappa shape index (κ3) is 4.92. The van der Waals surface area contributed by atoms with E-state index in [1.807, 2.05) is 0 Å². The lowest BCUT2D eigenvalue weighted by Crippen LogP contribution is -2.63. The average molecular weight is 392 g/mol. The summed E-state index contributed by atoms with van der Waals surface area (Å²) in [7, 11) is 0. The maximum Gasteiger partial charge on any atom is 0.373 e. The first-order chi connectivity index (χ1) is 12.7. The molecule has 156 valence electrons. The van der Waals surface area contributed by atoms with Crippen molar-refractivity contribution in [1.29, 1.82) is 0 Å². The maximum atomic E-state index is 10.5. The predicted octanol–water partition coefficient (Wildman–Crippen LogP) is -1.20. The summed E-state index contributed by atoms with van der Waals surface area (Å²) >= 11 is 0. The number of aliphatic hydroxyl groups excluding tert-OH is 3. The van der Waals surface area contributed by atoms with E-state index in [1.165, 1.54) is 0 Å². The number of ether oxygens (including phenoxy) is 5. The van der Waals surface area contributed by atoms with Gasteiger partial charge in [0.1, 0.15) is 30.5 Å². The van der Waals surface area contributed by atoms with Gasteiger partial charge in [-0.15, -0.1) is 0 Å². The second kappa shape index (κ2) is 9.51. The van der Waals surface area contributed by atoms with Crippen molar-refractivity contribution in [2.75, 3.05) is 6.61 Å². The van der Waals surface area contributed by atoms with Crippen molar-refractivity contribution < 1.29 is 48.6 Å². The summed E-state index contributed by atoms with van der Waals surface area (Å²) < 4.78 is 28.4. The molecule has 3 heterocycles. The third-order valence-corrected chi connectivity index (χ3v) is 5.17. The van der Waals surface area contributed by atoms with Crippen LogP contribution in [0.4, 0.5) is 0 Å². The minimum absolute atomic E-state index is 0.250. The molecule has 5 unspecified atom stereocenters. The van der Waals surface area contributed by atoms with Gasteiger partial charge in [-0.1, -0.05) is 6.92 Å². The molecule has 3 aliphatic rings. The molecule has 0 aromatic carbocycles. The van der Waals surface area contributed by atoms with Crippen LogP contribution in [0.2, 0.25) is 0 Å². The lowest BCUT2D eigenvalue weighted by atomic mass is 9.91. The third-order valence-electron chi connectivity index (χ3n) is 5.17. The monoisotopic (exact) mass is 392 g/mol. The zero-order valence-corrected chi connectivity index (χ0v) is 15.8. The van der Waals surface area contributed by atoms with Gasteiger partial charge >= 0.3 is 6.15 Å². The first-order valence-electron chi connectivity index (χ1n) is 8.98. The van der Waals surface area contributed by atoms with Crippen molar-refractivity contribution in [3.8, 4) is 0 Å². The van der Waals surface area contributed by atoms with E-state index in [-0.39, 0.29) is 18.4 Å². The van der Waals surface area contributed by atoms with Crippen molar-refractivity contribution >= 4 is 6.15 Å². The largest absolute Gasteiger partial charge is 0.390 e. The normalized spacial score (nSPS) is 50.0. The molecular weight excluding hydrogens is 364 g/mol. The number of rotatable bonds is 2. The summed E-state index contributed by atoms with van der Waals surface area (Å²) in [6, 6.07) is 0. The van der Waals surface area contributed by atoms with Gasteiger partial charge in [-0.25, -0.2) is 0 Å². The second-order valence-corrected chi connectivity index (χ2v) is 7.11. The summed E-state index contributed by atoms with van der Waals surface area (Å²) in [6.07, 6.45) is -6.36. The number of hydrogen-bond donors (Lipinski definition) is 3. The van der Waals surface area contributed by atoms with Gasteiger partial charge in [0.05, 0.1) is 24.9 Å². The van der Waals surface area contributed by atoms with Crippen LogP contribution in [0, 0.1) is 5.92 Å². The van der Waals surface area contributed by atoms with Crippen LogP contribution in [-0.2, 0) is 33.3 Å². The van der Waals surface area contributed by atoms with Gasteiger partial charge in [0.25, 0.3) is 0 Å². The van der Waals surface area contributed by atoms with Crippen molar-refractivity contribution in [2.24, 2.45) is 5.92 Å². The number of fused-ring (bicyclic) bond motifs is 1. The van der Waals surface area contributed by atoms with Crippen LogP contribution in [0.5, 0.6) is 0 Å². The van der Waals surface area contributed by atoms with Crippen LogP contribution < -0.4 is 0 Å². The molecule has 0 aromatic rings. The molecule has 0 spiro atoms. The molecule has 10 heteroatoms. The Morgan fingerprint density at radius 3 is 2.15 bits per heavy atom. The van der Waals surface area contributed by atoms with E-state index >= 15 is 0 Å². The summed E-state index contributed by atoms with van der Waals surface area (Å²) in [4.78, 5) is 16.2. The van der Waals surface area contributed by atoms with E-state index in [0.717, 1.165) is 0 Å². The zero-order chi connectivity index (χ0) is 20.3. The summed E-state index contributed by atoms with van der Waals surface area (Å²) in [5, 5.41) is 30.9. The Bertz CT molecular complexity index is 508. The highest BCUT2D eigenvalue weighted by atomic mass is 16.8. The van der Waals surface area contributed by atoms with E-state index in [2.05, 4.69) is 0 Å². The topological polar surface area (TPSA) is 141 Å². The van der Waals surface area contributed by atoms with Gasteiger partial charge < -0.3 is 39.0 Å². The quantitative estimate of drug-likeness (QED) is 0.525. The number of hydrogen-bond acceptors (Lipinski definition) is 10. The minimum atomic E-state index is -1.09. The Hall–Kier alpha value is -0.940. The molecule has 3 rings (SSSR count). The molecular formula is C17H28O10. The molecule has 3 aliphatic heterocycles. The molecule has 0 radical (unpaired) electrons. The van der Waals surface area contributed by atoms with Crippen molar-refractivity contribution in [1.82, 2.24) is 0 Å². The van der Waals surface area contributed by atoms with E-state index in [1.54, 1.807) is 27.7 Å². The van der Waals surface area contributed by atoms with Crippen LogP contribution in [0.15, 0.2) is 0 Å². The molecule has 0 aromatic heterocycles. The van der Waals surface area contributed by atoms with E-state index in [9.17, 15) is 15.3 Å². The Balaban J connectivity index is 0.000000817. The highest BCUT2D eigenvalue weighted by Crippen LogP contribution is 2.34. The molecule has 27 heavy (non-hydrogen) atoms. The Morgan fingerprint density at radius 1 is 0.889 bits per heavy atom. The van der Waals surface area contributed by atoms with Crippen LogP contribution >= 0.6 is 0 Å². The smallest absolute Gasteiger partial charge is 0.373 e. The van der Waals surface area contributed by atoms with Crippen LogP contribution in [0.3, 0.4) is 0 Å². The summed E-state index contributed by atoms with van der Waals surface area (Å²) in [6.45, 7) is 7.35. The van der Waals surface area contributed by atoms with Gasteiger partial charge in [-0.2, -0.15) is 9.59 Å².